The van der Waals surface area contributed by atoms with Crippen LogP contribution in [-0.4, -0.2) is 31.2 Å². The first-order chi connectivity index (χ1) is 14.0. The van der Waals surface area contributed by atoms with Gasteiger partial charge in [-0.1, -0.05) is 30.3 Å². The molecule has 0 fully saturated rings. The lowest BCUT2D eigenvalue weighted by atomic mass is 10.1. The number of hydrogen-bond acceptors (Lipinski definition) is 4. The van der Waals surface area contributed by atoms with Crippen LogP contribution < -0.4 is 15.4 Å². The summed E-state index contributed by atoms with van der Waals surface area (Å²) >= 11 is 0. The van der Waals surface area contributed by atoms with Crippen molar-refractivity contribution in [2.45, 2.75) is 26.0 Å². The van der Waals surface area contributed by atoms with Crippen LogP contribution in [0, 0.1) is 5.82 Å². The van der Waals surface area contributed by atoms with Crippen LogP contribution in [0.15, 0.2) is 48.5 Å². The van der Waals surface area contributed by atoms with Crippen molar-refractivity contribution in [1.29, 1.82) is 0 Å². The van der Waals surface area contributed by atoms with Crippen molar-refractivity contribution in [2.24, 2.45) is 0 Å². The van der Waals surface area contributed by atoms with Crippen LogP contribution in [0.3, 0.4) is 0 Å². The van der Waals surface area contributed by atoms with Crippen LogP contribution in [-0.2, 0) is 27.4 Å². The molecule has 29 heavy (non-hydrogen) atoms. The molecule has 2 N–H and O–H groups in total. The molecule has 152 valence electrons. The van der Waals surface area contributed by atoms with E-state index in [4.69, 9.17) is 9.47 Å². The van der Waals surface area contributed by atoms with Gasteiger partial charge >= 0.3 is 0 Å². The number of rotatable bonds is 7. The summed E-state index contributed by atoms with van der Waals surface area (Å²) in [5.74, 6) is -0.436. The van der Waals surface area contributed by atoms with E-state index < -0.39 is 6.04 Å². The molecule has 1 aliphatic heterocycles. The second-order valence-corrected chi connectivity index (χ2v) is 6.68. The average Bonchev–Trinajstić information content (AvgIpc) is 2.72. The molecule has 0 radical (unpaired) electrons. The van der Waals surface area contributed by atoms with Crippen LogP contribution in [0.5, 0.6) is 5.75 Å². The lowest BCUT2D eigenvalue weighted by Crippen LogP contribution is -2.44. The first-order valence-corrected chi connectivity index (χ1v) is 9.36. The summed E-state index contributed by atoms with van der Waals surface area (Å²) in [6, 6.07) is 11.5. The summed E-state index contributed by atoms with van der Waals surface area (Å²) in [5.41, 5.74) is 2.22. The van der Waals surface area contributed by atoms with Crippen LogP contribution in [0.1, 0.15) is 23.6 Å². The highest BCUT2D eigenvalue weighted by Crippen LogP contribution is 2.29. The number of nitrogens with one attached hydrogen (secondary N) is 2. The van der Waals surface area contributed by atoms with Crippen molar-refractivity contribution in [3.05, 3.63) is 71.0 Å². The fourth-order valence-electron chi connectivity index (χ4n) is 2.98. The van der Waals surface area contributed by atoms with Crippen LogP contribution in [0.4, 0.5) is 4.39 Å². The molecule has 1 aliphatic rings. The lowest BCUT2D eigenvalue weighted by molar-refractivity contribution is -0.126. The van der Waals surface area contributed by atoms with Crippen molar-refractivity contribution < 1.29 is 23.5 Å². The van der Waals surface area contributed by atoms with Gasteiger partial charge in [-0.2, -0.15) is 0 Å². The molecular weight excluding hydrogens is 375 g/mol. The van der Waals surface area contributed by atoms with E-state index in [-0.39, 0.29) is 24.4 Å². The molecule has 0 saturated heterocycles. The topological polar surface area (TPSA) is 76.7 Å². The molecule has 0 saturated carbocycles. The number of carbonyl (C=O) groups excluding carboxylic acids is 2. The molecule has 3 rings (SSSR count). The molecule has 6 nitrogen and oxygen atoms in total. The molecule has 0 bridgehead atoms. The zero-order valence-electron chi connectivity index (χ0n) is 16.1. The minimum Gasteiger partial charge on any atom is -0.467 e. The van der Waals surface area contributed by atoms with E-state index in [2.05, 4.69) is 10.6 Å². The third-order valence-electron chi connectivity index (χ3n) is 4.42. The number of fused-ring (bicyclic) bond motifs is 1. The minimum atomic E-state index is -0.700. The van der Waals surface area contributed by atoms with Crippen LogP contribution in [0.2, 0.25) is 0 Å². The standard InChI is InChI=1S/C22H23FN2O4/c1-15(25-20(26)8-7-16-5-3-2-4-6-16)22(27)24-10-9-17-11-19(23)12-18-13-28-14-29-21(17)18/h2-8,11-12,15H,9-10,13-14H2,1H3,(H,24,27)(H,25,26)/b8-7+. The molecule has 2 amide bonds. The fourth-order valence-corrected chi connectivity index (χ4v) is 2.98. The zero-order valence-corrected chi connectivity index (χ0v) is 16.1. The second-order valence-electron chi connectivity index (χ2n) is 6.68. The third-order valence-corrected chi connectivity index (χ3v) is 4.42. The van der Waals surface area contributed by atoms with Crippen molar-refractivity contribution in [1.82, 2.24) is 10.6 Å². The van der Waals surface area contributed by atoms with Gasteiger partial charge in [-0.3, -0.25) is 9.59 Å². The largest absolute Gasteiger partial charge is 0.467 e. The number of ether oxygens (including phenoxy) is 2. The monoisotopic (exact) mass is 398 g/mol. The van der Waals surface area contributed by atoms with E-state index >= 15 is 0 Å². The number of hydrogen-bond donors (Lipinski definition) is 2. The maximum atomic E-state index is 13.8. The van der Waals surface area contributed by atoms with Gasteiger partial charge in [0.1, 0.15) is 17.6 Å². The van der Waals surface area contributed by atoms with Gasteiger partial charge in [0.2, 0.25) is 11.8 Å². The van der Waals surface area contributed by atoms with E-state index in [0.717, 1.165) is 5.56 Å². The van der Waals surface area contributed by atoms with Gasteiger partial charge < -0.3 is 20.1 Å². The Bertz CT molecular complexity index is 899. The summed E-state index contributed by atoms with van der Waals surface area (Å²) in [4.78, 5) is 24.2. The Balaban J connectivity index is 1.47. The summed E-state index contributed by atoms with van der Waals surface area (Å²) in [7, 11) is 0. The van der Waals surface area contributed by atoms with Gasteiger partial charge in [0.25, 0.3) is 0 Å². The SMILES string of the molecule is CC(NC(=O)/C=C/c1ccccc1)C(=O)NCCc1cc(F)cc2c1OCOC2. The van der Waals surface area contributed by atoms with Crippen molar-refractivity contribution in [3.8, 4) is 5.75 Å². The lowest BCUT2D eigenvalue weighted by Gasteiger charge is -2.21. The zero-order chi connectivity index (χ0) is 20.6. The molecule has 1 atom stereocenters. The molecule has 2 aromatic rings. The molecule has 0 aliphatic carbocycles. The van der Waals surface area contributed by atoms with E-state index in [1.165, 1.54) is 18.2 Å². The molecule has 0 spiro atoms. The van der Waals surface area contributed by atoms with E-state index in [1.807, 2.05) is 30.3 Å². The Morgan fingerprint density at radius 3 is 2.83 bits per heavy atom. The Morgan fingerprint density at radius 1 is 1.24 bits per heavy atom. The average molecular weight is 398 g/mol. The molecule has 7 heteroatoms. The first-order valence-electron chi connectivity index (χ1n) is 9.36. The second kappa shape index (κ2) is 9.84. The predicted molar refractivity (Wildman–Crippen MR) is 106 cm³/mol. The molecule has 0 aromatic heterocycles. The van der Waals surface area contributed by atoms with Crippen molar-refractivity contribution in [2.75, 3.05) is 13.3 Å². The normalized spacial score (nSPS) is 14.0. The third kappa shape index (κ3) is 5.89. The molecular formula is C22H23FN2O4. The van der Waals surface area contributed by atoms with E-state index in [9.17, 15) is 14.0 Å². The predicted octanol–water partition coefficient (Wildman–Crippen LogP) is 2.57. The van der Waals surface area contributed by atoms with Gasteiger partial charge in [0.15, 0.2) is 6.79 Å². The summed E-state index contributed by atoms with van der Waals surface area (Å²) in [6.07, 6.45) is 3.47. The Morgan fingerprint density at radius 2 is 2.03 bits per heavy atom. The number of amides is 2. The number of carbonyl (C=O) groups is 2. The highest BCUT2D eigenvalue weighted by atomic mass is 19.1. The maximum absolute atomic E-state index is 13.8. The van der Waals surface area contributed by atoms with Crippen LogP contribution in [0.25, 0.3) is 6.08 Å². The van der Waals surface area contributed by atoms with Gasteiger partial charge in [0, 0.05) is 18.2 Å². The Kier molecular flexibility index (Phi) is 6.97. The highest BCUT2D eigenvalue weighted by Gasteiger charge is 2.18. The van der Waals surface area contributed by atoms with Crippen molar-refractivity contribution in [3.63, 3.8) is 0 Å². The number of halogens is 1. The fraction of sp³-hybridized carbons (Fsp3) is 0.273. The van der Waals surface area contributed by atoms with Gasteiger partial charge in [-0.25, -0.2) is 4.39 Å². The van der Waals surface area contributed by atoms with E-state index in [0.29, 0.717) is 36.4 Å². The van der Waals surface area contributed by atoms with Crippen LogP contribution >= 0.6 is 0 Å². The summed E-state index contributed by atoms with van der Waals surface area (Å²) < 4.78 is 24.4. The summed E-state index contributed by atoms with van der Waals surface area (Å²) in [5, 5.41) is 5.37. The van der Waals surface area contributed by atoms with Gasteiger partial charge in [0.05, 0.1) is 6.61 Å². The van der Waals surface area contributed by atoms with E-state index in [1.54, 1.807) is 13.0 Å². The van der Waals surface area contributed by atoms with Gasteiger partial charge in [-0.15, -0.1) is 0 Å². The Labute approximate surface area is 168 Å². The smallest absolute Gasteiger partial charge is 0.244 e. The first kappa shape index (κ1) is 20.5. The maximum Gasteiger partial charge on any atom is 0.244 e. The van der Waals surface area contributed by atoms with Crippen molar-refractivity contribution >= 4 is 17.9 Å². The molecule has 1 unspecified atom stereocenters. The summed E-state index contributed by atoms with van der Waals surface area (Å²) in [6.45, 7) is 2.32. The quantitative estimate of drug-likeness (QED) is 0.703. The Hall–Kier alpha value is -3.19. The minimum absolute atomic E-state index is 0.123. The van der Waals surface area contributed by atoms with Gasteiger partial charge in [-0.05, 0) is 42.7 Å². The number of benzene rings is 2. The molecule has 1 heterocycles. The highest BCUT2D eigenvalue weighted by molar-refractivity contribution is 5.95. The molecule has 2 aromatic carbocycles.